The van der Waals surface area contributed by atoms with Gasteiger partial charge in [-0.05, 0) is 178 Å². The van der Waals surface area contributed by atoms with Crippen LogP contribution >= 0.6 is 0 Å². The van der Waals surface area contributed by atoms with E-state index < -0.39 is 0 Å². The SMILES string of the molecule is c1c(N(c2ccc(N(c3ccccc3)c3ccc4ccccc4c3)cc2)c2ccc(N(c3ccccc3)c3ccc4ccccc4c3)cc2)ccc(N(c2ccccc2)c2ccc3ccccc3c2)c#1. The van der Waals surface area contributed by atoms with E-state index in [1.54, 1.807) is 0 Å². The van der Waals surface area contributed by atoms with Crippen LogP contribution in [0, 0.1) is 12.1 Å². The molecule has 0 heterocycles. The average Bonchev–Trinajstić information content (AvgIpc) is 3.43. The highest BCUT2D eigenvalue weighted by Gasteiger charge is 2.20. The first-order chi connectivity index (χ1) is 34.7. The van der Waals surface area contributed by atoms with E-state index in [1.807, 2.05) is 0 Å². The zero-order valence-electron chi connectivity index (χ0n) is 38.3. The Labute approximate surface area is 409 Å². The molecule has 0 atom stereocenters. The first-order valence-corrected chi connectivity index (χ1v) is 23.7. The largest absolute Gasteiger partial charge is 0.310 e. The van der Waals surface area contributed by atoms with Crippen molar-refractivity contribution in [1.29, 1.82) is 0 Å². The Hall–Kier alpha value is -9.56. The molecule has 0 saturated carbocycles. The Bertz CT molecular complexity index is 3310. The number of hydrogen-bond acceptors (Lipinski definition) is 4. The summed E-state index contributed by atoms with van der Waals surface area (Å²) in [5.41, 5.74) is 12.3. The summed E-state index contributed by atoms with van der Waals surface area (Å²) in [4.78, 5) is 9.15. The van der Waals surface area contributed by atoms with E-state index in [0.717, 1.165) is 68.2 Å². The molecule has 0 spiro atoms. The molecule has 0 radical (unpaired) electrons. The third-order valence-electron chi connectivity index (χ3n) is 12.9. The molecule has 330 valence electrons. The van der Waals surface area contributed by atoms with Crippen LogP contribution in [-0.2, 0) is 0 Å². The van der Waals surface area contributed by atoms with Gasteiger partial charge in [0.05, 0.1) is 11.4 Å². The molecule has 4 nitrogen and oxygen atoms in total. The predicted octanol–water partition coefficient (Wildman–Crippen LogP) is 18.6. The fourth-order valence-electron chi connectivity index (χ4n) is 9.56. The standard InChI is InChI=1S/C66H46N4/c1-4-22-55(23-5-1)68(64-31-28-49-16-10-13-19-52(49)46-64)61-40-34-58(35-41-61)67(59-36-42-62(43-37-59)69(56-24-6-2-7-25-56)65-32-29-50-17-11-14-20-53(50)47-65)60-38-44-63(45-39-60)70(57-26-8-3-9-27-57)66-33-30-51-18-12-15-21-54(51)48-66/h1-38,40-44,46-48H. The molecule has 0 saturated heterocycles. The monoisotopic (exact) mass is 894 g/mol. The maximum absolute atomic E-state index is 3.64. The highest BCUT2D eigenvalue weighted by Crippen LogP contribution is 2.43. The van der Waals surface area contributed by atoms with Gasteiger partial charge in [0, 0.05) is 56.9 Å². The normalized spacial score (nSPS) is 11.0. The summed E-state index contributed by atoms with van der Waals surface area (Å²) < 4.78 is 0. The summed E-state index contributed by atoms with van der Waals surface area (Å²) in [6.45, 7) is 0. The fourth-order valence-corrected chi connectivity index (χ4v) is 9.56. The Balaban J connectivity index is 0.961. The highest BCUT2D eigenvalue weighted by molar-refractivity contribution is 5.93. The predicted molar refractivity (Wildman–Crippen MR) is 295 cm³/mol. The van der Waals surface area contributed by atoms with Crippen LogP contribution in [0.3, 0.4) is 0 Å². The van der Waals surface area contributed by atoms with Crippen molar-refractivity contribution in [2.75, 3.05) is 19.6 Å². The lowest BCUT2D eigenvalue weighted by Gasteiger charge is -2.29. The first kappa shape index (κ1) is 41.8. The van der Waals surface area contributed by atoms with Crippen LogP contribution in [0.25, 0.3) is 32.3 Å². The van der Waals surface area contributed by atoms with Gasteiger partial charge in [-0.15, -0.1) is 0 Å². The van der Waals surface area contributed by atoms with Crippen molar-refractivity contribution < 1.29 is 0 Å². The number of anilines is 12. The van der Waals surface area contributed by atoms with Gasteiger partial charge in [0.1, 0.15) is 0 Å². The Morgan fingerprint density at radius 2 is 0.400 bits per heavy atom. The molecule has 0 aliphatic heterocycles. The van der Waals surface area contributed by atoms with Crippen LogP contribution < -0.4 is 19.6 Å². The molecule has 0 bridgehead atoms. The van der Waals surface area contributed by atoms with Gasteiger partial charge >= 0.3 is 0 Å². The topological polar surface area (TPSA) is 13.0 Å². The van der Waals surface area contributed by atoms with Gasteiger partial charge in [0.25, 0.3) is 0 Å². The molecule has 0 unspecified atom stereocenters. The quantitative estimate of drug-likeness (QED) is 0.121. The minimum Gasteiger partial charge on any atom is -0.310 e. The van der Waals surface area contributed by atoms with E-state index in [1.165, 1.54) is 32.3 Å². The van der Waals surface area contributed by atoms with Crippen molar-refractivity contribution in [2.45, 2.75) is 0 Å². The van der Waals surface area contributed by atoms with E-state index in [0.29, 0.717) is 0 Å². The lowest BCUT2D eigenvalue weighted by Crippen LogP contribution is -2.13. The Kier molecular flexibility index (Phi) is 11.1. The molecule has 0 aliphatic rings. The Morgan fingerprint density at radius 3 is 0.729 bits per heavy atom. The van der Waals surface area contributed by atoms with Gasteiger partial charge in [-0.2, -0.15) is 0 Å². The number of rotatable bonds is 12. The van der Waals surface area contributed by atoms with Crippen molar-refractivity contribution in [1.82, 2.24) is 0 Å². The van der Waals surface area contributed by atoms with Crippen LogP contribution in [-0.4, -0.2) is 0 Å². The molecule has 12 aromatic rings. The zero-order chi connectivity index (χ0) is 46.6. The molecular formula is C66H46N4. The molecule has 0 aromatic heterocycles. The van der Waals surface area contributed by atoms with Crippen molar-refractivity contribution in [3.63, 3.8) is 0 Å². The number of nitrogens with zero attached hydrogens (tertiary/aromatic N) is 4. The van der Waals surface area contributed by atoms with E-state index >= 15 is 0 Å². The molecule has 0 aliphatic carbocycles. The fraction of sp³-hybridized carbons (Fsp3) is 0. The summed E-state index contributed by atoms with van der Waals surface area (Å²) in [7, 11) is 0. The zero-order valence-corrected chi connectivity index (χ0v) is 38.3. The second-order valence-corrected chi connectivity index (χ2v) is 17.3. The molecule has 0 N–H and O–H groups in total. The average molecular weight is 895 g/mol. The van der Waals surface area contributed by atoms with Crippen molar-refractivity contribution in [3.8, 4) is 0 Å². The number of hydrogen-bond donors (Lipinski definition) is 0. The van der Waals surface area contributed by atoms with Crippen LogP contribution in [0.2, 0.25) is 0 Å². The van der Waals surface area contributed by atoms with Crippen molar-refractivity contribution in [2.24, 2.45) is 0 Å². The van der Waals surface area contributed by atoms with Crippen LogP contribution in [0.4, 0.5) is 68.2 Å². The van der Waals surface area contributed by atoms with Gasteiger partial charge in [0.2, 0.25) is 0 Å². The summed E-state index contributed by atoms with van der Waals surface area (Å²) in [6, 6.07) is 106. The number of para-hydroxylation sites is 3. The molecule has 4 heteroatoms. The Morgan fingerprint density at radius 1 is 0.171 bits per heavy atom. The molecule has 0 fully saturated rings. The smallest absolute Gasteiger partial charge is 0.0975 e. The van der Waals surface area contributed by atoms with Gasteiger partial charge in [-0.3, -0.25) is 0 Å². The molecule has 12 aromatic carbocycles. The summed E-state index contributed by atoms with van der Waals surface area (Å²) in [5.74, 6) is 0. The third kappa shape index (κ3) is 8.30. The molecule has 70 heavy (non-hydrogen) atoms. The summed E-state index contributed by atoms with van der Waals surface area (Å²) in [5, 5.41) is 7.19. The van der Waals surface area contributed by atoms with Crippen LogP contribution in [0.5, 0.6) is 0 Å². The minimum absolute atomic E-state index is 0.861. The van der Waals surface area contributed by atoms with Crippen LogP contribution in [0.15, 0.2) is 279 Å². The third-order valence-corrected chi connectivity index (χ3v) is 12.9. The second-order valence-electron chi connectivity index (χ2n) is 17.3. The summed E-state index contributed by atoms with van der Waals surface area (Å²) in [6.07, 6.45) is 0. The molecular weight excluding hydrogens is 849 g/mol. The maximum Gasteiger partial charge on any atom is 0.0975 e. The van der Waals surface area contributed by atoms with E-state index in [4.69, 9.17) is 0 Å². The van der Waals surface area contributed by atoms with Crippen molar-refractivity contribution in [3.05, 3.63) is 291 Å². The van der Waals surface area contributed by atoms with Crippen molar-refractivity contribution >= 4 is 101 Å². The van der Waals surface area contributed by atoms with Crippen LogP contribution in [0.1, 0.15) is 0 Å². The van der Waals surface area contributed by atoms with E-state index in [2.05, 4.69) is 311 Å². The van der Waals surface area contributed by atoms with E-state index in [-0.39, 0.29) is 0 Å². The number of benzene rings is 11. The van der Waals surface area contributed by atoms with Gasteiger partial charge in [0.15, 0.2) is 0 Å². The van der Waals surface area contributed by atoms with E-state index in [9.17, 15) is 0 Å². The lowest BCUT2D eigenvalue weighted by atomic mass is 10.1. The lowest BCUT2D eigenvalue weighted by molar-refractivity contribution is 1.24. The molecule has 12 rings (SSSR count). The van der Waals surface area contributed by atoms with Gasteiger partial charge < -0.3 is 19.6 Å². The molecule has 0 amide bonds. The maximum atomic E-state index is 3.64. The minimum atomic E-state index is 0.861. The first-order valence-electron chi connectivity index (χ1n) is 23.7. The van der Waals surface area contributed by atoms with Gasteiger partial charge in [-0.25, -0.2) is 0 Å². The second kappa shape index (κ2) is 18.6. The van der Waals surface area contributed by atoms with Gasteiger partial charge in [-0.1, -0.05) is 146 Å². The number of fused-ring (bicyclic) bond motifs is 3. The summed E-state index contributed by atoms with van der Waals surface area (Å²) >= 11 is 0. The highest BCUT2D eigenvalue weighted by atomic mass is 15.2.